The molecule has 0 saturated carbocycles. The summed E-state index contributed by atoms with van der Waals surface area (Å²) in [7, 11) is 9.19. The van der Waals surface area contributed by atoms with E-state index < -0.39 is 5.54 Å². The number of halogens is 1. The molecule has 5 aromatic rings. The molecule has 0 spiro atoms. The van der Waals surface area contributed by atoms with E-state index in [1.807, 2.05) is 66.7 Å². The molecule has 5 aromatic carbocycles. The van der Waals surface area contributed by atoms with Gasteiger partial charge in [0.1, 0.15) is 5.75 Å². The van der Waals surface area contributed by atoms with Crippen molar-refractivity contribution in [2.75, 3.05) is 7.11 Å². The van der Waals surface area contributed by atoms with Crippen LogP contribution in [0.5, 0.6) is 5.75 Å². The van der Waals surface area contributed by atoms with Crippen LogP contribution < -0.4 is 10.0 Å². The van der Waals surface area contributed by atoms with Gasteiger partial charge >= 0.3 is 27.0 Å². The van der Waals surface area contributed by atoms with Gasteiger partial charge in [-0.1, -0.05) is 108 Å². The van der Waals surface area contributed by atoms with Crippen molar-refractivity contribution in [3.8, 4) is 16.9 Å². The molecule has 0 amide bonds. The van der Waals surface area contributed by atoms with Gasteiger partial charge in [0.2, 0.25) is 0 Å². The summed E-state index contributed by atoms with van der Waals surface area (Å²) >= 11 is 1.82. The molecule has 2 aliphatic carbocycles. The molecule has 0 heterocycles. The predicted molar refractivity (Wildman–Crippen MR) is 237 cm³/mol. The topological polar surface area (TPSA) is 33.0 Å². The number of hydrogen-bond acceptors (Lipinski definition) is 1. The molecule has 0 aliphatic heterocycles. The zero-order valence-corrected chi connectivity index (χ0v) is 40.9. The van der Waals surface area contributed by atoms with E-state index >= 15 is 0 Å². The molecule has 0 radical (unpaired) electrons. The fourth-order valence-electron chi connectivity index (χ4n) is 8.20. The average molecular weight is 978 g/mol. The van der Waals surface area contributed by atoms with Gasteiger partial charge in [-0.25, -0.2) is 0 Å². The quantitative estimate of drug-likeness (QED) is 0.0948. The Morgan fingerprint density at radius 1 is 0.707 bits per heavy atom. The molecule has 0 saturated heterocycles. The number of aryl methyl sites for hydroxylation is 6. The maximum atomic E-state index is 9.20. The number of rotatable bonds is 6. The first-order chi connectivity index (χ1) is 26.3. The first kappa shape index (κ1) is 56.9. The Hall–Kier alpha value is 0.853. The normalized spacial score (nSPS) is 13.9. The van der Waals surface area contributed by atoms with Gasteiger partial charge in [-0.15, -0.1) is 26.4 Å². The molecule has 2 unspecified atom stereocenters. The van der Waals surface area contributed by atoms with Crippen LogP contribution in [0, 0.1) is 173 Å². The van der Waals surface area contributed by atoms with Gasteiger partial charge in [0.05, 0.1) is 7.11 Å². The maximum absolute atomic E-state index is 9.20. The number of methoxy groups -OCH3 is 1. The van der Waals surface area contributed by atoms with Crippen LogP contribution in [0.25, 0.3) is 16.9 Å². The fraction of sp³-hybridized carbons (Fsp3) is 0.360. The van der Waals surface area contributed by atoms with Gasteiger partial charge in [0.15, 0.2) is 0 Å². The van der Waals surface area contributed by atoms with Crippen LogP contribution in [0.1, 0.15) is 101 Å². The van der Waals surface area contributed by atoms with E-state index in [9.17, 15) is 5.73 Å². The van der Waals surface area contributed by atoms with Gasteiger partial charge in [-0.05, 0) is 101 Å². The molecule has 2 nitrogen and oxygen atoms in total. The zero-order chi connectivity index (χ0) is 40.3. The summed E-state index contributed by atoms with van der Waals surface area (Å²) in [5.41, 5.74) is 25.7. The zero-order valence-electron chi connectivity index (χ0n) is 35.1. The van der Waals surface area contributed by atoms with E-state index in [0.717, 1.165) is 22.4 Å². The van der Waals surface area contributed by atoms with Crippen LogP contribution in [-0.4, -0.2) is 7.11 Å². The summed E-state index contributed by atoms with van der Waals surface area (Å²) in [6.07, 6.45) is 10.3. The first-order valence-corrected chi connectivity index (χ1v) is 22.4. The van der Waals surface area contributed by atoms with Gasteiger partial charge in [0.25, 0.3) is 0 Å². The predicted octanol–water partition coefficient (Wildman–Crippen LogP) is 13.3. The molecule has 0 bridgehead atoms. The molecule has 3 atom stereocenters. The minimum atomic E-state index is -0.922. The Morgan fingerprint density at radius 2 is 1.19 bits per heavy atom. The second-order valence-electron chi connectivity index (χ2n) is 15.7. The summed E-state index contributed by atoms with van der Waals surface area (Å²) in [6.45, 7) is 21.3. The Kier molecular flexibility index (Phi) is 27.4. The van der Waals surface area contributed by atoms with Crippen molar-refractivity contribution >= 4 is 24.2 Å². The van der Waals surface area contributed by atoms with Crippen LogP contribution in [0.4, 0.5) is 0 Å². The van der Waals surface area contributed by atoms with Crippen LogP contribution in [0.3, 0.4) is 0 Å². The molecular weight excluding hydrogens is 918 g/mol. The number of benzene rings is 5. The summed E-state index contributed by atoms with van der Waals surface area (Å²) in [6, 6.07) is 32.7. The van der Waals surface area contributed by atoms with Gasteiger partial charge in [-0.3, -0.25) is 0 Å². The van der Waals surface area contributed by atoms with Crippen LogP contribution in [0.2, 0.25) is 0 Å². The Morgan fingerprint density at radius 3 is 1.66 bits per heavy atom. The molecule has 7 rings (SSSR count). The van der Waals surface area contributed by atoms with Gasteiger partial charge < -0.3 is 17.4 Å². The van der Waals surface area contributed by atoms with Crippen molar-refractivity contribution in [2.45, 2.75) is 98.4 Å². The third-order valence-electron chi connectivity index (χ3n) is 11.1. The van der Waals surface area contributed by atoms with Crippen LogP contribution >= 0.6 is 18.9 Å². The third kappa shape index (κ3) is 15.0. The number of hydrogen-bond donors (Lipinski definition) is 0. The molecular formula is C50H60Ar3ClNOPRu-4. The fourth-order valence-corrected chi connectivity index (χ4v) is 8.62. The number of nitrogens with one attached hydrogen (secondary N) is 1. The van der Waals surface area contributed by atoms with Gasteiger partial charge in [0, 0.05) is 113 Å². The van der Waals surface area contributed by atoms with E-state index in [4.69, 9.17) is 4.74 Å². The number of fused-ring (bicyclic) bond motifs is 2. The standard InChI is InChI=1S/C21H24P.C20H24NO.C9H12.3Ar.ClH.Ru/c1-14-10-11-15-6-2-4-8-17(15)20(14)21-18-9-5-3-7-16(18)12-13-19(21)22;1-14(2)16(4)20(21,17-8-6-15(3)7-9-17)18-10-12-19(22-5)13-11-18;1-7-4-8(2)6-9(3)5-7;;;;;/h10-13H,1-9,22H2;6-8,10-14,16,21H,4H2,1-3,5H3;4-6H,1-3H3;;;;1H;/q-1;-3;;;;;;+1/p-1/t;16-,20?;;;;;;/m.0....../s1. The van der Waals surface area contributed by atoms with Crippen molar-refractivity contribution in [1.82, 2.24) is 0 Å². The summed E-state index contributed by atoms with van der Waals surface area (Å²) in [5, 5.41) is 1.35. The minimum absolute atomic E-state index is 0. The summed E-state index contributed by atoms with van der Waals surface area (Å²) in [4.78, 5) is 0. The number of ether oxygens (including phenoxy) is 1. The molecule has 0 aromatic heterocycles. The SMILES string of the molecule is Cc1cc(C)cc(C)c1.[Ar].[Ar].[Ar].[CH2-][C@@H](C(C)C)C([NH-])(c1[c-]cc(C)cc1)c1ccc(OC)cc1.[CH2-]c1ccc2c(c1-c1c(P)ccc3c1CCCC3)CCCC2.[Cl][Ru]. The van der Waals surface area contributed by atoms with Crippen molar-refractivity contribution in [1.29, 1.82) is 0 Å². The van der Waals surface area contributed by atoms with E-state index in [2.05, 4.69) is 116 Å². The van der Waals surface area contributed by atoms with Crippen LogP contribution in [-0.2, 0) is 48.5 Å². The molecule has 0 fully saturated rings. The molecule has 319 valence electrons. The Balaban J connectivity index is 0.000000445. The Bertz CT molecular complexity index is 1890. The monoisotopic (exact) mass is 978 g/mol. The van der Waals surface area contributed by atoms with E-state index in [1.54, 1.807) is 29.4 Å². The van der Waals surface area contributed by atoms with Gasteiger partial charge in [-0.2, -0.15) is 59.9 Å². The molecule has 58 heavy (non-hydrogen) atoms. The summed E-state index contributed by atoms with van der Waals surface area (Å²) in [5.74, 6) is 0.998. The first-order valence-electron chi connectivity index (χ1n) is 19.6. The molecule has 2 aliphatic rings. The van der Waals surface area contributed by atoms with Crippen LogP contribution in [0.15, 0.2) is 84.9 Å². The second kappa shape index (κ2) is 27.9. The Labute approximate surface area is 458 Å². The van der Waals surface area contributed by atoms with E-state index in [-0.39, 0.29) is 125 Å². The van der Waals surface area contributed by atoms with E-state index in [0.29, 0.717) is 0 Å². The van der Waals surface area contributed by atoms with Crippen molar-refractivity contribution < 1.29 is 135 Å². The van der Waals surface area contributed by atoms with Crippen molar-refractivity contribution in [2.24, 2.45) is 11.8 Å². The van der Waals surface area contributed by atoms with Crippen molar-refractivity contribution in [3.05, 3.63) is 172 Å². The van der Waals surface area contributed by atoms with Crippen molar-refractivity contribution in [3.63, 3.8) is 0 Å². The molecule has 8 heteroatoms. The molecule has 1 N–H and O–H groups in total. The third-order valence-corrected chi connectivity index (χ3v) is 11.6. The second-order valence-corrected chi connectivity index (χ2v) is 16.3. The average Bonchev–Trinajstić information content (AvgIpc) is 3.18. The summed E-state index contributed by atoms with van der Waals surface area (Å²) < 4.78 is 5.23. The van der Waals surface area contributed by atoms with E-state index in [1.165, 1.54) is 90.1 Å².